The van der Waals surface area contributed by atoms with Crippen molar-refractivity contribution in [2.24, 2.45) is 0 Å². The summed E-state index contributed by atoms with van der Waals surface area (Å²) in [6, 6.07) is 21.7. The number of hydrogen-bond donors (Lipinski definition) is 0. The zero-order chi connectivity index (χ0) is 34.8. The summed E-state index contributed by atoms with van der Waals surface area (Å²) in [6.45, 7) is 13.1. The van der Waals surface area contributed by atoms with Crippen LogP contribution >= 0.6 is 24.8 Å². The molecule has 9 heteroatoms. The second-order valence-corrected chi connectivity index (χ2v) is 23.6. The molecule has 0 unspecified atom stereocenters. The van der Waals surface area contributed by atoms with Crippen molar-refractivity contribution in [1.82, 2.24) is 0 Å². The van der Waals surface area contributed by atoms with Gasteiger partial charge in [-0.15, -0.1) is 24.8 Å². The van der Waals surface area contributed by atoms with Crippen molar-refractivity contribution in [1.29, 1.82) is 0 Å². The van der Waals surface area contributed by atoms with Gasteiger partial charge in [0, 0.05) is 0 Å². The van der Waals surface area contributed by atoms with Crippen LogP contribution in [0.15, 0.2) is 100 Å². The quantitative estimate of drug-likeness (QED) is 0.125. The molecule has 0 atom stereocenters. The molecule has 4 aromatic carbocycles. The van der Waals surface area contributed by atoms with Gasteiger partial charge in [0.2, 0.25) is 0 Å². The molecule has 2 aliphatic rings. The molecule has 0 heterocycles. The summed E-state index contributed by atoms with van der Waals surface area (Å²) >= 11 is -3.60. The maximum atomic E-state index is 13.7. The van der Waals surface area contributed by atoms with Crippen LogP contribution in [0.1, 0.15) is 92.5 Å². The van der Waals surface area contributed by atoms with Crippen molar-refractivity contribution in [3.8, 4) is 11.1 Å². The topological polar surface area (TPSA) is 0 Å². The molecule has 0 fully saturated rings. The zero-order valence-corrected chi connectivity index (χ0v) is 34.0. The van der Waals surface area contributed by atoms with E-state index < -0.39 is 44.4 Å². The van der Waals surface area contributed by atoms with Gasteiger partial charge in [-0.1, -0.05) is 0 Å². The first-order chi connectivity index (χ1) is 22.3. The monoisotopic (exact) mass is 896 g/mol. The van der Waals surface area contributed by atoms with E-state index in [9.17, 15) is 26.3 Å². The van der Waals surface area contributed by atoms with Crippen LogP contribution in [0.3, 0.4) is 0 Å². The Bertz CT molecular complexity index is 1920. The van der Waals surface area contributed by atoms with Crippen LogP contribution in [0, 0.1) is 0 Å². The summed E-state index contributed by atoms with van der Waals surface area (Å²) in [5.41, 5.74) is 6.76. The summed E-state index contributed by atoms with van der Waals surface area (Å²) in [6.07, 6.45) is -1.32. The average Bonchev–Trinajstić information content (AvgIpc) is 3.66. The van der Waals surface area contributed by atoms with Crippen LogP contribution in [0.25, 0.3) is 11.1 Å². The van der Waals surface area contributed by atoms with Gasteiger partial charge in [0.1, 0.15) is 0 Å². The molecule has 0 amide bonds. The van der Waals surface area contributed by atoms with Crippen LogP contribution in [0.5, 0.6) is 0 Å². The molecule has 2 aliphatic carbocycles. The smallest absolute Gasteiger partial charge is 0.147 e. The summed E-state index contributed by atoms with van der Waals surface area (Å²) in [7, 11) is 0. The van der Waals surface area contributed by atoms with Gasteiger partial charge in [-0.2, -0.15) is 0 Å². The van der Waals surface area contributed by atoms with E-state index in [0.717, 1.165) is 33.9 Å². The Kier molecular flexibility index (Phi) is 11.5. The maximum Gasteiger partial charge on any atom is -0.147 e. The van der Waals surface area contributed by atoms with Crippen LogP contribution in [-0.2, 0) is 50.6 Å². The van der Waals surface area contributed by atoms with E-state index in [1.165, 1.54) is 64.3 Å². The number of allylic oxidation sites excluding steroid dienone is 4. The van der Waals surface area contributed by atoms with Crippen molar-refractivity contribution < 1.29 is 47.3 Å². The molecule has 0 aromatic heterocycles. The molecule has 0 N–H and O–H groups in total. The average molecular weight is 896 g/mol. The summed E-state index contributed by atoms with van der Waals surface area (Å²) < 4.78 is 85.5. The van der Waals surface area contributed by atoms with Gasteiger partial charge in [-0.25, -0.2) is 0 Å². The molecule has 264 valence electrons. The first kappa shape index (κ1) is 40.0. The fraction of sp³-hybridized carbons (Fsp3) is 0.293. The van der Waals surface area contributed by atoms with Gasteiger partial charge in [-0.05, 0) is 0 Å². The third-order valence-corrected chi connectivity index (χ3v) is 20.4. The van der Waals surface area contributed by atoms with Crippen LogP contribution in [-0.4, -0.2) is 3.26 Å². The van der Waals surface area contributed by atoms with Gasteiger partial charge in [0.15, 0.2) is 0 Å². The number of halogens is 8. The summed E-state index contributed by atoms with van der Waals surface area (Å²) in [4.78, 5) is 0. The number of fused-ring (bicyclic) bond motifs is 3. The minimum atomic E-state index is -4.51. The third kappa shape index (κ3) is 8.00. The molecule has 0 saturated carbocycles. The standard InChI is InChI=1S/C21H25.C15H8F6.C5H5.2ClH.Hf/c1-20(2,3)16-9-7-14-11-15-8-10-17(21(4,5)6)13-19(15)18(14)12-16;16-14(17,18)12-5-1-10(2-6-12)9-11-3-7-13(8-4-11)15(19,20)21;1-2-4-5-3-1;;;/h7,9-10,12-13H,11H2,1-6H3;1-8H;1-3H,4H2;2*1H;. The third-order valence-electron chi connectivity index (χ3n) is 9.36. The first-order valence-electron chi connectivity index (χ1n) is 16.1. The first-order valence-corrected chi connectivity index (χ1v) is 21.5. The Morgan fingerprint density at radius 3 is 1.50 bits per heavy atom. The number of hydrogen-bond acceptors (Lipinski definition) is 0. The van der Waals surface area contributed by atoms with E-state index in [0.29, 0.717) is 17.5 Å². The SMILES string of the molecule is CC(C)(C)c1ccc2c(c1)-c1cc(C(C)(C)C)c[c]([Hf]([C]3=CC=CC3)=[C](c3ccc(C(F)(F)F)cc3)c3ccc(C(F)(F)F)cc3)c1C2.Cl.Cl. The van der Waals surface area contributed by atoms with E-state index >= 15 is 0 Å². The zero-order valence-electron chi connectivity index (χ0n) is 28.7. The van der Waals surface area contributed by atoms with E-state index in [-0.39, 0.29) is 35.6 Å². The van der Waals surface area contributed by atoms with E-state index in [4.69, 9.17) is 0 Å². The van der Waals surface area contributed by atoms with Crippen molar-refractivity contribution in [2.45, 2.75) is 77.6 Å². The van der Waals surface area contributed by atoms with Crippen molar-refractivity contribution in [3.05, 3.63) is 145 Å². The Labute approximate surface area is 310 Å². The van der Waals surface area contributed by atoms with E-state index in [1.54, 1.807) is 0 Å². The molecule has 0 bridgehead atoms. The number of benzene rings is 4. The minimum Gasteiger partial charge on any atom is -0.147 e. The summed E-state index contributed by atoms with van der Waals surface area (Å²) in [5, 5.41) is 0. The van der Waals surface area contributed by atoms with Crippen LogP contribution < -0.4 is 3.32 Å². The second-order valence-electron chi connectivity index (χ2n) is 14.8. The van der Waals surface area contributed by atoms with Gasteiger partial charge >= 0.3 is 287 Å². The van der Waals surface area contributed by atoms with Crippen LogP contribution in [0.2, 0.25) is 0 Å². The molecular weight excluding hydrogens is 856 g/mol. The fourth-order valence-corrected chi connectivity index (χ4v) is 18.3. The molecule has 4 aromatic rings. The molecule has 0 saturated heterocycles. The van der Waals surface area contributed by atoms with E-state index in [1.807, 2.05) is 6.08 Å². The molecule has 6 rings (SSSR count). The molecule has 50 heavy (non-hydrogen) atoms. The van der Waals surface area contributed by atoms with Crippen molar-refractivity contribution in [3.63, 3.8) is 0 Å². The van der Waals surface area contributed by atoms with E-state index in [2.05, 4.69) is 84.0 Å². The number of rotatable bonds is 4. The molecule has 0 aliphatic heterocycles. The molecule has 0 radical (unpaired) electrons. The predicted octanol–water partition coefficient (Wildman–Crippen LogP) is 12.1. The van der Waals surface area contributed by atoms with Gasteiger partial charge < -0.3 is 0 Å². The van der Waals surface area contributed by atoms with Crippen molar-refractivity contribution >= 4 is 31.4 Å². The number of alkyl halides is 6. The molecule has 0 nitrogen and oxygen atoms in total. The molecule has 0 spiro atoms. The maximum absolute atomic E-state index is 13.7. The Morgan fingerprint density at radius 2 is 1.06 bits per heavy atom. The van der Waals surface area contributed by atoms with Crippen LogP contribution in [0.4, 0.5) is 26.3 Å². The summed E-state index contributed by atoms with van der Waals surface area (Å²) in [5.74, 6) is 0. The Hall–Kier alpha value is -2.74. The van der Waals surface area contributed by atoms with Gasteiger partial charge in [-0.3, -0.25) is 0 Å². The van der Waals surface area contributed by atoms with Gasteiger partial charge in [0.05, 0.1) is 0 Å². The predicted molar refractivity (Wildman–Crippen MR) is 194 cm³/mol. The second kappa shape index (κ2) is 14.4. The normalized spacial score (nSPS) is 14.0. The largest absolute Gasteiger partial charge is 0.147 e. The Balaban J connectivity index is 0.00000281. The fourth-order valence-electron chi connectivity index (χ4n) is 6.61. The Morgan fingerprint density at radius 1 is 0.580 bits per heavy atom. The molecular formula is C41H40Cl2F6Hf. The minimum absolute atomic E-state index is 0. The van der Waals surface area contributed by atoms with Crippen molar-refractivity contribution in [2.75, 3.05) is 0 Å². The van der Waals surface area contributed by atoms with Gasteiger partial charge in [0.25, 0.3) is 0 Å².